The predicted octanol–water partition coefficient (Wildman–Crippen LogP) is 0.772. The molecule has 0 bridgehead atoms. The van der Waals surface area contributed by atoms with Crippen molar-refractivity contribution in [2.75, 3.05) is 13.2 Å². The summed E-state index contributed by atoms with van der Waals surface area (Å²) in [6.07, 6.45) is 2.86. The lowest BCUT2D eigenvalue weighted by Gasteiger charge is -2.09. The second-order valence-electron chi connectivity index (χ2n) is 5.60. The van der Waals surface area contributed by atoms with Gasteiger partial charge in [0.2, 0.25) is 5.91 Å². The minimum absolute atomic E-state index is 0. The molecule has 0 aliphatic heterocycles. The monoisotopic (exact) mass is 341 g/mol. The highest BCUT2D eigenvalue weighted by atomic mass is 35.5. The van der Waals surface area contributed by atoms with E-state index in [-0.39, 0.29) is 30.8 Å². The van der Waals surface area contributed by atoms with Crippen LogP contribution in [0.2, 0.25) is 0 Å². The number of ether oxygens (including phenoxy) is 1. The molecule has 1 aromatic rings. The van der Waals surface area contributed by atoms with E-state index in [1.807, 2.05) is 24.3 Å². The summed E-state index contributed by atoms with van der Waals surface area (Å²) < 4.78 is 5.43. The second-order valence-corrected chi connectivity index (χ2v) is 5.60. The summed E-state index contributed by atoms with van der Waals surface area (Å²) in [7, 11) is 0. The average Bonchev–Trinajstić information content (AvgIpc) is 3.30. The molecule has 1 fully saturated rings. The van der Waals surface area contributed by atoms with Crippen LogP contribution in [0.5, 0.6) is 5.75 Å². The Hall–Kier alpha value is -1.79. The molecule has 2 amide bonds. The smallest absolute Gasteiger partial charge is 0.258 e. The fourth-order valence-corrected chi connectivity index (χ4v) is 1.89. The molecular weight excluding hydrogens is 318 g/mol. The quantitative estimate of drug-likeness (QED) is 0.651. The Morgan fingerprint density at radius 3 is 2.52 bits per heavy atom. The summed E-state index contributed by atoms with van der Waals surface area (Å²) in [5.74, 6) is 0.432. The molecule has 0 heterocycles. The lowest BCUT2D eigenvalue weighted by Crippen LogP contribution is -2.39. The zero-order valence-corrected chi connectivity index (χ0v) is 14.0. The molecule has 0 unspecified atom stereocenters. The van der Waals surface area contributed by atoms with Crippen LogP contribution in [0.4, 0.5) is 0 Å². The zero-order chi connectivity index (χ0) is 15.9. The summed E-state index contributed by atoms with van der Waals surface area (Å²) in [5.41, 5.74) is 6.55. The van der Waals surface area contributed by atoms with Gasteiger partial charge in [-0.05, 0) is 43.9 Å². The molecule has 0 aromatic heterocycles. The minimum atomic E-state index is -0.488. The highest BCUT2D eigenvalue weighted by molar-refractivity contribution is 5.85. The maximum atomic E-state index is 11.5. The van der Waals surface area contributed by atoms with E-state index in [2.05, 4.69) is 10.6 Å². The molecule has 0 saturated heterocycles. The highest BCUT2D eigenvalue weighted by Gasteiger charge is 2.23. The van der Waals surface area contributed by atoms with Gasteiger partial charge in [0.25, 0.3) is 5.91 Å². The van der Waals surface area contributed by atoms with Crippen molar-refractivity contribution in [2.45, 2.75) is 38.3 Å². The van der Waals surface area contributed by atoms with Crippen LogP contribution in [0.1, 0.15) is 25.3 Å². The summed E-state index contributed by atoms with van der Waals surface area (Å²) in [4.78, 5) is 22.8. The third kappa shape index (κ3) is 7.34. The molecule has 6 nitrogen and oxygen atoms in total. The number of hydrogen-bond donors (Lipinski definition) is 3. The van der Waals surface area contributed by atoms with E-state index in [1.165, 1.54) is 0 Å². The van der Waals surface area contributed by atoms with Crippen molar-refractivity contribution < 1.29 is 14.3 Å². The maximum Gasteiger partial charge on any atom is 0.258 e. The van der Waals surface area contributed by atoms with Gasteiger partial charge in [0.1, 0.15) is 5.75 Å². The van der Waals surface area contributed by atoms with Gasteiger partial charge in [-0.2, -0.15) is 0 Å². The first kappa shape index (κ1) is 19.3. The molecule has 4 N–H and O–H groups in total. The first-order valence-corrected chi connectivity index (χ1v) is 7.59. The lowest BCUT2D eigenvalue weighted by atomic mass is 10.1. The summed E-state index contributed by atoms with van der Waals surface area (Å²) >= 11 is 0. The minimum Gasteiger partial charge on any atom is -0.484 e. The van der Waals surface area contributed by atoms with Gasteiger partial charge in [-0.1, -0.05) is 12.1 Å². The van der Waals surface area contributed by atoms with Crippen LogP contribution in [-0.4, -0.2) is 37.0 Å². The number of hydrogen-bond acceptors (Lipinski definition) is 4. The average molecular weight is 342 g/mol. The van der Waals surface area contributed by atoms with Crippen LogP contribution in [-0.2, 0) is 16.0 Å². The van der Waals surface area contributed by atoms with Crippen molar-refractivity contribution in [3.8, 4) is 5.75 Å². The van der Waals surface area contributed by atoms with Gasteiger partial charge in [0.05, 0.1) is 6.04 Å². The van der Waals surface area contributed by atoms with Crippen molar-refractivity contribution in [3.63, 3.8) is 0 Å². The number of benzene rings is 1. The molecule has 1 aliphatic carbocycles. The second kappa shape index (κ2) is 9.37. The van der Waals surface area contributed by atoms with Crippen LogP contribution >= 0.6 is 12.4 Å². The molecule has 1 atom stereocenters. The lowest BCUT2D eigenvalue weighted by molar-refractivity contribution is -0.123. The van der Waals surface area contributed by atoms with Gasteiger partial charge in [-0.3, -0.25) is 9.59 Å². The molecule has 1 aliphatic rings. The van der Waals surface area contributed by atoms with Gasteiger partial charge in [-0.15, -0.1) is 12.4 Å². The fourth-order valence-electron chi connectivity index (χ4n) is 1.89. The Bertz CT molecular complexity index is 516. The SMILES string of the molecule is C[C@@H](N)C(=O)NCCc1ccc(OCC(=O)NC2CC2)cc1.Cl. The first-order valence-electron chi connectivity index (χ1n) is 7.59. The van der Waals surface area contributed by atoms with Crippen LogP contribution in [0, 0.1) is 0 Å². The Kier molecular flexibility index (Phi) is 7.85. The molecule has 23 heavy (non-hydrogen) atoms. The van der Waals surface area contributed by atoms with E-state index in [0.717, 1.165) is 24.8 Å². The van der Waals surface area contributed by atoms with Crippen LogP contribution in [0.15, 0.2) is 24.3 Å². The van der Waals surface area contributed by atoms with E-state index < -0.39 is 6.04 Å². The first-order chi connectivity index (χ1) is 10.5. The predicted molar refractivity (Wildman–Crippen MR) is 90.7 cm³/mol. The highest BCUT2D eigenvalue weighted by Crippen LogP contribution is 2.18. The van der Waals surface area contributed by atoms with Gasteiger partial charge in [0, 0.05) is 12.6 Å². The fraction of sp³-hybridized carbons (Fsp3) is 0.500. The van der Waals surface area contributed by atoms with E-state index in [0.29, 0.717) is 18.3 Å². The van der Waals surface area contributed by atoms with Crippen LogP contribution < -0.4 is 21.1 Å². The topological polar surface area (TPSA) is 93.5 Å². The van der Waals surface area contributed by atoms with Crippen molar-refractivity contribution in [1.29, 1.82) is 0 Å². The van der Waals surface area contributed by atoms with Gasteiger partial charge < -0.3 is 21.1 Å². The summed E-state index contributed by atoms with van der Waals surface area (Å²) in [5, 5.41) is 5.63. The van der Waals surface area contributed by atoms with Gasteiger partial charge in [-0.25, -0.2) is 0 Å². The Morgan fingerprint density at radius 1 is 1.30 bits per heavy atom. The third-order valence-electron chi connectivity index (χ3n) is 3.36. The molecule has 1 aromatic carbocycles. The number of rotatable bonds is 8. The van der Waals surface area contributed by atoms with Gasteiger partial charge >= 0.3 is 0 Å². The molecule has 7 heteroatoms. The van der Waals surface area contributed by atoms with Crippen LogP contribution in [0.25, 0.3) is 0 Å². The zero-order valence-electron chi connectivity index (χ0n) is 13.2. The van der Waals surface area contributed by atoms with Gasteiger partial charge in [0.15, 0.2) is 6.61 Å². The normalized spacial score (nSPS) is 14.3. The van der Waals surface area contributed by atoms with E-state index >= 15 is 0 Å². The van der Waals surface area contributed by atoms with E-state index in [4.69, 9.17) is 10.5 Å². The number of nitrogens with one attached hydrogen (secondary N) is 2. The largest absolute Gasteiger partial charge is 0.484 e. The maximum absolute atomic E-state index is 11.5. The number of halogens is 1. The summed E-state index contributed by atoms with van der Waals surface area (Å²) in [6.45, 7) is 2.24. The molecule has 0 spiro atoms. The van der Waals surface area contributed by atoms with Crippen molar-refractivity contribution in [3.05, 3.63) is 29.8 Å². The van der Waals surface area contributed by atoms with Crippen molar-refractivity contribution in [2.24, 2.45) is 5.73 Å². The van der Waals surface area contributed by atoms with E-state index in [9.17, 15) is 9.59 Å². The number of nitrogens with two attached hydrogens (primary N) is 1. The molecule has 1 saturated carbocycles. The van der Waals surface area contributed by atoms with Crippen molar-refractivity contribution >= 4 is 24.2 Å². The molecule has 0 radical (unpaired) electrons. The standard InChI is InChI=1S/C16H23N3O3.ClH/c1-11(17)16(21)18-9-8-12-2-6-14(7-3-12)22-10-15(20)19-13-4-5-13;/h2-3,6-7,11,13H,4-5,8-10,17H2,1H3,(H,18,21)(H,19,20);1H/t11-;/m1./s1. The van der Waals surface area contributed by atoms with Crippen LogP contribution in [0.3, 0.4) is 0 Å². The summed E-state index contributed by atoms with van der Waals surface area (Å²) in [6, 6.07) is 7.36. The Balaban J connectivity index is 0.00000264. The molecule has 2 rings (SSSR count). The molecule has 128 valence electrons. The Labute approximate surface area is 142 Å². The molecular formula is C16H24ClN3O3. The number of amides is 2. The van der Waals surface area contributed by atoms with E-state index in [1.54, 1.807) is 6.92 Å². The number of carbonyl (C=O) groups excluding carboxylic acids is 2. The third-order valence-corrected chi connectivity index (χ3v) is 3.36. The van der Waals surface area contributed by atoms with Crippen molar-refractivity contribution in [1.82, 2.24) is 10.6 Å². The number of carbonyl (C=O) groups is 2. The Morgan fingerprint density at radius 2 is 1.96 bits per heavy atom.